The van der Waals surface area contributed by atoms with Gasteiger partial charge in [0, 0.05) is 13.0 Å². The van der Waals surface area contributed by atoms with Crippen LogP contribution in [0.25, 0.3) is 0 Å². The van der Waals surface area contributed by atoms with Gasteiger partial charge in [0.25, 0.3) is 0 Å². The molecule has 0 aromatic heterocycles. The third kappa shape index (κ3) is 2.97. The van der Waals surface area contributed by atoms with Crippen molar-refractivity contribution < 1.29 is 4.79 Å². The van der Waals surface area contributed by atoms with Gasteiger partial charge in [-0.05, 0) is 24.2 Å². The quantitative estimate of drug-likeness (QED) is 0.659. The van der Waals surface area contributed by atoms with Crippen LogP contribution in [0.1, 0.15) is 33.1 Å². The number of carbonyl (C=O) groups is 1. The molecule has 1 rings (SSSR count). The van der Waals surface area contributed by atoms with Crippen LogP contribution in [0.4, 0.5) is 0 Å². The molecule has 1 aliphatic rings. The molecular formula is C12H20N2O. The van der Waals surface area contributed by atoms with Gasteiger partial charge in [-0.1, -0.05) is 13.8 Å². The normalized spacial score (nSPS) is 19.4. The molecular weight excluding hydrogens is 188 g/mol. The summed E-state index contributed by atoms with van der Waals surface area (Å²) in [6, 6.07) is -0.557. The second kappa shape index (κ2) is 4.67. The summed E-state index contributed by atoms with van der Waals surface area (Å²) in [5.74, 6) is 2.89. The number of hydrogen-bond donors (Lipinski definition) is 2. The maximum absolute atomic E-state index is 11.5. The lowest BCUT2D eigenvalue weighted by molar-refractivity contribution is -0.122. The van der Waals surface area contributed by atoms with E-state index in [1.54, 1.807) is 0 Å². The van der Waals surface area contributed by atoms with Crippen molar-refractivity contribution in [2.45, 2.75) is 39.2 Å². The maximum Gasteiger partial charge on any atom is 0.237 e. The fraction of sp³-hybridized carbons (Fsp3) is 0.750. The molecule has 0 heterocycles. The summed E-state index contributed by atoms with van der Waals surface area (Å²) < 4.78 is 0. The van der Waals surface area contributed by atoms with Gasteiger partial charge in [0.15, 0.2) is 0 Å². The summed E-state index contributed by atoms with van der Waals surface area (Å²) in [6.07, 6.45) is 7.81. The molecule has 0 aliphatic heterocycles. The van der Waals surface area contributed by atoms with E-state index in [2.05, 4.69) is 25.1 Å². The fourth-order valence-corrected chi connectivity index (χ4v) is 1.73. The van der Waals surface area contributed by atoms with Crippen molar-refractivity contribution in [3.8, 4) is 12.3 Å². The van der Waals surface area contributed by atoms with E-state index < -0.39 is 6.04 Å². The van der Waals surface area contributed by atoms with Crippen molar-refractivity contribution in [3.63, 3.8) is 0 Å². The molecule has 15 heavy (non-hydrogen) atoms. The van der Waals surface area contributed by atoms with E-state index >= 15 is 0 Å². The average Bonchev–Trinajstić information content (AvgIpc) is 2.95. The minimum Gasteiger partial charge on any atom is -0.354 e. The van der Waals surface area contributed by atoms with Crippen LogP contribution in [0.3, 0.4) is 0 Å². The lowest BCUT2D eigenvalue weighted by Gasteiger charge is -2.21. The third-order valence-electron chi connectivity index (χ3n) is 3.41. The number of terminal acetylenes is 1. The number of hydrogen-bond acceptors (Lipinski definition) is 2. The minimum atomic E-state index is -0.557. The summed E-state index contributed by atoms with van der Waals surface area (Å²) in [4.78, 5) is 11.5. The van der Waals surface area contributed by atoms with Gasteiger partial charge in [0.2, 0.25) is 5.91 Å². The van der Waals surface area contributed by atoms with Crippen LogP contribution in [0.15, 0.2) is 0 Å². The first-order valence-corrected chi connectivity index (χ1v) is 5.48. The molecule has 0 spiro atoms. The molecule has 84 valence electrons. The lowest BCUT2D eigenvalue weighted by atomic mass is 9.92. The highest BCUT2D eigenvalue weighted by molar-refractivity contribution is 5.81. The van der Waals surface area contributed by atoms with Gasteiger partial charge in [-0.3, -0.25) is 4.79 Å². The smallest absolute Gasteiger partial charge is 0.237 e. The Morgan fingerprint density at radius 1 is 1.60 bits per heavy atom. The van der Waals surface area contributed by atoms with Crippen molar-refractivity contribution in [2.24, 2.45) is 17.1 Å². The van der Waals surface area contributed by atoms with Gasteiger partial charge in [0.05, 0.1) is 6.04 Å². The van der Waals surface area contributed by atoms with Gasteiger partial charge in [-0.25, -0.2) is 0 Å². The van der Waals surface area contributed by atoms with Crippen molar-refractivity contribution in [2.75, 3.05) is 6.54 Å². The second-order valence-corrected chi connectivity index (χ2v) is 4.75. The summed E-state index contributed by atoms with van der Waals surface area (Å²) in [7, 11) is 0. The summed E-state index contributed by atoms with van der Waals surface area (Å²) in [5, 5.41) is 2.89. The number of carbonyl (C=O) groups excluding carboxylic acids is 1. The number of nitrogens with two attached hydrogens (primary N) is 1. The lowest BCUT2D eigenvalue weighted by Crippen LogP contribution is -2.43. The number of rotatable bonds is 5. The Morgan fingerprint density at radius 3 is 2.60 bits per heavy atom. The van der Waals surface area contributed by atoms with E-state index in [1.165, 1.54) is 12.8 Å². The molecule has 3 nitrogen and oxygen atoms in total. The Bertz CT molecular complexity index is 274. The van der Waals surface area contributed by atoms with Crippen LogP contribution in [0, 0.1) is 23.7 Å². The summed E-state index contributed by atoms with van der Waals surface area (Å²) in [6.45, 7) is 5.13. The molecule has 1 unspecified atom stereocenters. The molecule has 1 amide bonds. The largest absolute Gasteiger partial charge is 0.354 e. The molecule has 1 saturated carbocycles. The Balaban J connectivity index is 2.32. The summed E-state index contributed by atoms with van der Waals surface area (Å²) in [5.41, 5.74) is 5.92. The zero-order valence-corrected chi connectivity index (χ0v) is 9.55. The first kappa shape index (κ1) is 12.1. The first-order valence-electron chi connectivity index (χ1n) is 5.48. The zero-order chi connectivity index (χ0) is 11.5. The standard InChI is InChI=1S/C12H20N2O/c1-4-5-10(13)11(15)14-8-12(6-7-12)9(2)3/h1,9-10H,5-8,13H2,2-3H3,(H,14,15). The maximum atomic E-state index is 11.5. The highest BCUT2D eigenvalue weighted by atomic mass is 16.2. The molecule has 0 aromatic rings. The molecule has 3 heteroatoms. The van der Waals surface area contributed by atoms with E-state index in [1.807, 2.05) is 0 Å². The number of amides is 1. The molecule has 0 saturated heterocycles. The van der Waals surface area contributed by atoms with Crippen LogP contribution in [0.2, 0.25) is 0 Å². The van der Waals surface area contributed by atoms with Crippen LogP contribution in [0.5, 0.6) is 0 Å². The monoisotopic (exact) mass is 208 g/mol. The van der Waals surface area contributed by atoms with E-state index in [9.17, 15) is 4.79 Å². The molecule has 1 fully saturated rings. The Labute approximate surface area is 91.8 Å². The SMILES string of the molecule is C#CCC(N)C(=O)NCC1(C(C)C)CC1. The van der Waals surface area contributed by atoms with Gasteiger partial charge in [-0.15, -0.1) is 12.3 Å². The minimum absolute atomic E-state index is 0.125. The number of nitrogens with one attached hydrogen (secondary N) is 1. The van der Waals surface area contributed by atoms with Crippen LogP contribution in [-0.2, 0) is 4.79 Å². The Kier molecular flexibility index (Phi) is 3.76. The zero-order valence-electron chi connectivity index (χ0n) is 9.55. The van der Waals surface area contributed by atoms with Crippen LogP contribution >= 0.6 is 0 Å². The molecule has 0 radical (unpaired) electrons. The summed E-state index contributed by atoms with van der Waals surface area (Å²) >= 11 is 0. The van der Waals surface area contributed by atoms with Crippen molar-refractivity contribution >= 4 is 5.91 Å². The molecule has 1 aliphatic carbocycles. The van der Waals surface area contributed by atoms with E-state index in [-0.39, 0.29) is 5.91 Å². The van der Waals surface area contributed by atoms with Crippen molar-refractivity contribution in [3.05, 3.63) is 0 Å². The Hall–Kier alpha value is -1.01. The Morgan fingerprint density at radius 2 is 2.20 bits per heavy atom. The molecule has 1 atom stereocenters. The predicted octanol–water partition coefficient (Wildman–Crippen LogP) is 0.889. The predicted molar refractivity (Wildman–Crippen MR) is 60.9 cm³/mol. The van der Waals surface area contributed by atoms with E-state index in [0.29, 0.717) is 17.8 Å². The van der Waals surface area contributed by atoms with Gasteiger partial charge < -0.3 is 11.1 Å². The van der Waals surface area contributed by atoms with E-state index in [4.69, 9.17) is 12.2 Å². The average molecular weight is 208 g/mol. The van der Waals surface area contributed by atoms with Crippen molar-refractivity contribution in [1.29, 1.82) is 0 Å². The van der Waals surface area contributed by atoms with Gasteiger partial charge in [-0.2, -0.15) is 0 Å². The topological polar surface area (TPSA) is 55.1 Å². The second-order valence-electron chi connectivity index (χ2n) is 4.75. The van der Waals surface area contributed by atoms with Crippen LogP contribution in [-0.4, -0.2) is 18.5 Å². The molecule has 3 N–H and O–H groups in total. The van der Waals surface area contributed by atoms with E-state index in [0.717, 1.165) is 6.54 Å². The van der Waals surface area contributed by atoms with Gasteiger partial charge in [0.1, 0.15) is 0 Å². The molecule has 0 bridgehead atoms. The first-order chi connectivity index (χ1) is 7.02. The molecule has 0 aromatic carbocycles. The van der Waals surface area contributed by atoms with Crippen LogP contribution < -0.4 is 11.1 Å². The van der Waals surface area contributed by atoms with Crippen molar-refractivity contribution in [1.82, 2.24) is 5.32 Å². The van der Waals surface area contributed by atoms with Gasteiger partial charge >= 0.3 is 0 Å². The fourth-order valence-electron chi connectivity index (χ4n) is 1.73. The highest BCUT2D eigenvalue weighted by Gasteiger charge is 2.45. The third-order valence-corrected chi connectivity index (χ3v) is 3.41. The highest BCUT2D eigenvalue weighted by Crippen LogP contribution is 2.51.